The van der Waals surface area contributed by atoms with E-state index in [9.17, 15) is 14.9 Å². The van der Waals surface area contributed by atoms with Crippen LogP contribution in [-0.2, 0) is 4.79 Å². The Labute approximate surface area is 134 Å². The molecule has 1 aliphatic heterocycles. The Morgan fingerprint density at radius 2 is 2.09 bits per heavy atom. The van der Waals surface area contributed by atoms with Crippen molar-refractivity contribution in [2.75, 3.05) is 26.2 Å². The number of nitro groups is 1. The zero-order valence-electron chi connectivity index (χ0n) is 12.0. The van der Waals surface area contributed by atoms with Crippen LogP contribution in [0.5, 0.6) is 5.75 Å². The number of carboxylic acids is 1. The van der Waals surface area contributed by atoms with Gasteiger partial charge in [0, 0.05) is 25.2 Å². The van der Waals surface area contributed by atoms with Crippen LogP contribution < -0.4 is 4.74 Å². The highest BCUT2D eigenvalue weighted by atomic mass is 35.5. The van der Waals surface area contributed by atoms with Crippen molar-refractivity contribution in [1.29, 1.82) is 0 Å². The van der Waals surface area contributed by atoms with Crippen molar-refractivity contribution in [1.82, 2.24) is 4.90 Å². The van der Waals surface area contributed by atoms with Gasteiger partial charge >= 0.3 is 5.97 Å². The Morgan fingerprint density at radius 3 is 2.64 bits per heavy atom. The van der Waals surface area contributed by atoms with Crippen LogP contribution in [0.1, 0.15) is 12.8 Å². The van der Waals surface area contributed by atoms with Crippen LogP contribution in [0.25, 0.3) is 0 Å². The van der Waals surface area contributed by atoms with Gasteiger partial charge in [-0.05, 0) is 31.5 Å². The van der Waals surface area contributed by atoms with Crippen molar-refractivity contribution >= 4 is 24.1 Å². The summed E-state index contributed by atoms with van der Waals surface area (Å²) in [4.78, 5) is 23.0. The van der Waals surface area contributed by atoms with Crippen molar-refractivity contribution in [2.24, 2.45) is 5.92 Å². The number of carbonyl (C=O) groups is 1. The van der Waals surface area contributed by atoms with Crippen LogP contribution in [0.15, 0.2) is 24.3 Å². The molecule has 22 heavy (non-hydrogen) atoms. The molecule has 0 saturated carbocycles. The number of non-ortho nitro benzene ring substituents is 1. The van der Waals surface area contributed by atoms with E-state index < -0.39 is 10.9 Å². The minimum atomic E-state index is -0.723. The summed E-state index contributed by atoms with van der Waals surface area (Å²) in [5, 5.41) is 19.4. The van der Waals surface area contributed by atoms with Gasteiger partial charge in [0.15, 0.2) is 0 Å². The van der Waals surface area contributed by atoms with Gasteiger partial charge in [0.2, 0.25) is 0 Å². The molecule has 1 aromatic rings. The lowest BCUT2D eigenvalue weighted by atomic mass is 10.1. The molecule has 0 radical (unpaired) electrons. The number of carboxylic acid groups (broad SMARTS) is 1. The summed E-state index contributed by atoms with van der Waals surface area (Å²) >= 11 is 0. The molecule has 2 rings (SSSR count). The summed E-state index contributed by atoms with van der Waals surface area (Å²) in [6, 6.07) is 5.98. The molecule has 1 N–H and O–H groups in total. The van der Waals surface area contributed by atoms with Crippen LogP contribution in [0, 0.1) is 16.0 Å². The standard InChI is InChI=1S/C14H18N2O5.ClH/c17-14(18)11-6-8-15(10-11)7-1-9-21-13-4-2-12(3-5-13)16(19)20;/h2-5,11H,1,6-10H2,(H,17,18);1H. The van der Waals surface area contributed by atoms with Crippen molar-refractivity contribution in [3.63, 3.8) is 0 Å². The first-order chi connectivity index (χ1) is 10.1. The monoisotopic (exact) mass is 330 g/mol. The van der Waals surface area contributed by atoms with Gasteiger partial charge in [0.1, 0.15) is 5.75 Å². The number of aliphatic carboxylic acids is 1. The van der Waals surface area contributed by atoms with Crippen molar-refractivity contribution < 1.29 is 19.6 Å². The summed E-state index contributed by atoms with van der Waals surface area (Å²) in [7, 11) is 0. The lowest BCUT2D eigenvalue weighted by Gasteiger charge is -2.15. The molecule has 7 nitrogen and oxygen atoms in total. The Bertz CT molecular complexity index is 508. The van der Waals surface area contributed by atoms with Crippen molar-refractivity contribution in [3.8, 4) is 5.75 Å². The van der Waals surface area contributed by atoms with E-state index in [1.165, 1.54) is 12.1 Å². The summed E-state index contributed by atoms with van der Waals surface area (Å²) in [5.74, 6) is -0.370. The average Bonchev–Trinajstić information content (AvgIpc) is 2.93. The average molecular weight is 331 g/mol. The Balaban J connectivity index is 0.00000242. The highest BCUT2D eigenvalue weighted by molar-refractivity contribution is 5.85. The van der Waals surface area contributed by atoms with E-state index in [0.29, 0.717) is 25.3 Å². The van der Waals surface area contributed by atoms with Gasteiger partial charge in [0.25, 0.3) is 5.69 Å². The predicted molar refractivity (Wildman–Crippen MR) is 82.6 cm³/mol. The number of hydrogen-bond donors (Lipinski definition) is 1. The van der Waals surface area contributed by atoms with E-state index in [-0.39, 0.29) is 24.0 Å². The van der Waals surface area contributed by atoms with E-state index in [0.717, 1.165) is 19.5 Å². The van der Waals surface area contributed by atoms with Crippen LogP contribution in [0.4, 0.5) is 5.69 Å². The number of nitro benzene ring substituents is 1. The molecular formula is C14H19ClN2O5. The lowest BCUT2D eigenvalue weighted by Crippen LogP contribution is -2.25. The maximum absolute atomic E-state index is 10.8. The van der Waals surface area contributed by atoms with E-state index >= 15 is 0 Å². The molecule has 0 aliphatic carbocycles. The Kier molecular flexibility index (Phi) is 7.07. The van der Waals surface area contributed by atoms with E-state index in [1.54, 1.807) is 12.1 Å². The number of halogens is 1. The minimum Gasteiger partial charge on any atom is -0.494 e. The SMILES string of the molecule is Cl.O=C(O)C1CCN(CCCOc2ccc([N+](=O)[O-])cc2)C1. The molecular weight excluding hydrogens is 312 g/mol. The second-order valence-electron chi connectivity index (χ2n) is 5.08. The van der Waals surface area contributed by atoms with Crippen LogP contribution >= 0.6 is 12.4 Å². The van der Waals surface area contributed by atoms with Gasteiger partial charge in [-0.15, -0.1) is 12.4 Å². The second-order valence-corrected chi connectivity index (χ2v) is 5.08. The molecule has 1 fully saturated rings. The third-order valence-corrected chi connectivity index (χ3v) is 3.56. The van der Waals surface area contributed by atoms with Crippen LogP contribution in [-0.4, -0.2) is 47.1 Å². The number of hydrogen-bond acceptors (Lipinski definition) is 5. The third kappa shape index (κ3) is 5.16. The molecule has 122 valence electrons. The van der Waals surface area contributed by atoms with Gasteiger partial charge in [-0.25, -0.2) is 0 Å². The molecule has 0 aromatic heterocycles. The van der Waals surface area contributed by atoms with E-state index in [1.807, 2.05) is 0 Å². The number of rotatable bonds is 7. The van der Waals surface area contributed by atoms with Gasteiger partial charge in [-0.1, -0.05) is 0 Å². The topological polar surface area (TPSA) is 92.9 Å². The highest BCUT2D eigenvalue weighted by Gasteiger charge is 2.27. The molecule has 0 bridgehead atoms. The van der Waals surface area contributed by atoms with E-state index in [2.05, 4.69) is 4.90 Å². The summed E-state index contributed by atoms with van der Waals surface area (Å²) in [6.45, 7) is 2.73. The zero-order valence-corrected chi connectivity index (χ0v) is 12.8. The Hall–Kier alpha value is -1.86. The molecule has 1 unspecified atom stereocenters. The van der Waals surface area contributed by atoms with Crippen molar-refractivity contribution in [2.45, 2.75) is 12.8 Å². The maximum atomic E-state index is 10.8. The van der Waals surface area contributed by atoms with Gasteiger partial charge in [0.05, 0.1) is 17.4 Å². The first kappa shape index (κ1) is 18.2. The normalized spacial score (nSPS) is 17.7. The zero-order chi connectivity index (χ0) is 15.2. The smallest absolute Gasteiger partial charge is 0.307 e. The molecule has 1 aliphatic rings. The third-order valence-electron chi connectivity index (χ3n) is 3.56. The highest BCUT2D eigenvalue weighted by Crippen LogP contribution is 2.18. The molecule has 1 heterocycles. The largest absolute Gasteiger partial charge is 0.494 e. The molecule has 1 atom stereocenters. The molecule has 0 spiro atoms. The van der Waals surface area contributed by atoms with Gasteiger partial charge in [-0.2, -0.15) is 0 Å². The number of nitrogens with zero attached hydrogens (tertiary/aromatic N) is 2. The minimum absolute atomic E-state index is 0. The predicted octanol–water partition coefficient (Wildman–Crippen LogP) is 2.19. The quantitative estimate of drug-likeness (QED) is 0.468. The van der Waals surface area contributed by atoms with Gasteiger partial charge in [-0.3, -0.25) is 14.9 Å². The fraction of sp³-hybridized carbons (Fsp3) is 0.500. The summed E-state index contributed by atoms with van der Waals surface area (Å²) in [5.41, 5.74) is 0.0409. The number of ether oxygens (including phenoxy) is 1. The molecule has 0 amide bonds. The van der Waals surface area contributed by atoms with Crippen molar-refractivity contribution in [3.05, 3.63) is 34.4 Å². The first-order valence-corrected chi connectivity index (χ1v) is 6.88. The molecule has 8 heteroatoms. The molecule has 1 saturated heterocycles. The molecule has 1 aromatic carbocycles. The lowest BCUT2D eigenvalue weighted by molar-refractivity contribution is -0.384. The fourth-order valence-corrected chi connectivity index (χ4v) is 2.38. The fourth-order valence-electron chi connectivity index (χ4n) is 2.38. The van der Waals surface area contributed by atoms with Crippen LogP contribution in [0.3, 0.4) is 0 Å². The maximum Gasteiger partial charge on any atom is 0.307 e. The van der Waals surface area contributed by atoms with Crippen LogP contribution in [0.2, 0.25) is 0 Å². The number of likely N-dealkylation sites (tertiary alicyclic amines) is 1. The Morgan fingerprint density at radius 1 is 1.41 bits per heavy atom. The van der Waals surface area contributed by atoms with Gasteiger partial charge < -0.3 is 14.7 Å². The summed E-state index contributed by atoms with van der Waals surface area (Å²) in [6.07, 6.45) is 1.50. The number of benzene rings is 1. The summed E-state index contributed by atoms with van der Waals surface area (Å²) < 4.78 is 5.51. The van der Waals surface area contributed by atoms with E-state index in [4.69, 9.17) is 9.84 Å². The first-order valence-electron chi connectivity index (χ1n) is 6.88. The second kappa shape index (κ2) is 8.55.